The fourth-order valence-electron chi connectivity index (χ4n) is 3.09. The van der Waals surface area contributed by atoms with Crippen molar-refractivity contribution >= 4 is 22.5 Å². The summed E-state index contributed by atoms with van der Waals surface area (Å²) in [4.78, 5) is 14.3. The molecule has 5 nitrogen and oxygen atoms in total. The van der Waals surface area contributed by atoms with Crippen molar-refractivity contribution in [2.75, 3.05) is 24.2 Å². The quantitative estimate of drug-likeness (QED) is 0.513. The number of para-hydroxylation sites is 1. The molecule has 0 saturated carbocycles. The maximum absolute atomic E-state index is 12.5. The fraction of sp³-hybridized carbons (Fsp3) is 0.435. The summed E-state index contributed by atoms with van der Waals surface area (Å²) in [6, 6.07) is 10.8. The second-order valence-corrected chi connectivity index (χ2v) is 8.49. The van der Waals surface area contributed by atoms with Crippen LogP contribution in [0.15, 0.2) is 41.3 Å². The highest BCUT2D eigenvalue weighted by Gasteiger charge is 2.23. The van der Waals surface area contributed by atoms with Crippen LogP contribution >= 0.6 is 0 Å². The van der Waals surface area contributed by atoms with Crippen molar-refractivity contribution in [3.05, 3.63) is 47.5 Å². The number of unbranched alkanes of at least 4 members (excludes halogenated alkanes) is 2. The van der Waals surface area contributed by atoms with Gasteiger partial charge in [-0.05, 0) is 43.5 Å². The second-order valence-electron chi connectivity index (χ2n) is 7.14. The predicted octanol–water partition coefficient (Wildman–Crippen LogP) is 5.63. The Hall–Kier alpha value is -2.34. The monoisotopic (exact) mass is 417 g/mol. The van der Waals surface area contributed by atoms with Gasteiger partial charge in [0.05, 0.1) is 26.9 Å². The molecule has 158 valence electrons. The summed E-state index contributed by atoms with van der Waals surface area (Å²) in [6.45, 7) is 7.79. The number of nitrogens with zero attached hydrogens (tertiary/aromatic N) is 1. The lowest BCUT2D eigenvalue weighted by Gasteiger charge is -2.28. The fourth-order valence-corrected chi connectivity index (χ4v) is 3.79. The molecule has 0 aliphatic heterocycles. The van der Waals surface area contributed by atoms with Crippen LogP contribution in [0.1, 0.15) is 55.5 Å². The predicted molar refractivity (Wildman–Crippen MR) is 119 cm³/mol. The Kier molecular flexibility index (Phi) is 8.70. The number of aryl methyl sites for hydroxylation is 1. The number of carbonyl (C=O) groups is 1. The highest BCUT2D eigenvalue weighted by Crippen LogP contribution is 2.40. The summed E-state index contributed by atoms with van der Waals surface area (Å²) in [5.41, 5.74) is 1.78. The van der Waals surface area contributed by atoms with Gasteiger partial charge in [0.25, 0.3) is 0 Å². The van der Waals surface area contributed by atoms with Crippen LogP contribution in [-0.2, 0) is 10.8 Å². The molecule has 1 N–H and O–H groups in total. The molecule has 0 fully saturated rings. The van der Waals surface area contributed by atoms with Gasteiger partial charge in [-0.25, -0.2) is 4.79 Å². The van der Waals surface area contributed by atoms with E-state index in [4.69, 9.17) is 4.74 Å². The third kappa shape index (κ3) is 6.07. The molecule has 0 aromatic heterocycles. The van der Waals surface area contributed by atoms with Crippen molar-refractivity contribution < 1.29 is 18.8 Å². The van der Waals surface area contributed by atoms with Crippen LogP contribution in [-0.4, -0.2) is 34.6 Å². The van der Waals surface area contributed by atoms with Gasteiger partial charge in [0.1, 0.15) is 5.75 Å². The third-order valence-corrected chi connectivity index (χ3v) is 5.72. The number of rotatable bonds is 11. The first-order valence-corrected chi connectivity index (χ1v) is 11.7. The summed E-state index contributed by atoms with van der Waals surface area (Å²) in [7, 11) is -1.40. The molecule has 29 heavy (non-hydrogen) atoms. The molecular formula is C23H31NO4S. The zero-order chi connectivity index (χ0) is 21.4. The maximum Gasteiger partial charge on any atom is 0.335 e. The number of carboxylic acid groups (broad SMARTS) is 1. The van der Waals surface area contributed by atoms with Crippen LogP contribution in [0.5, 0.6) is 11.5 Å². The van der Waals surface area contributed by atoms with Crippen molar-refractivity contribution in [2.45, 2.75) is 51.3 Å². The standard InChI is InChI=1S/C23H31NO4S/c1-5-7-13-24(14-8-6-2)19-15-18(23(25)26)16-21(29(4)27)22(19)28-20-12-10-9-11-17(20)3/h9-12,15-16H,5-8,13-14H2,1-4H3,(H,25,26). The third-order valence-electron chi connectivity index (χ3n) is 4.80. The topological polar surface area (TPSA) is 66.8 Å². The summed E-state index contributed by atoms with van der Waals surface area (Å²) in [5.74, 6) is 0.123. The van der Waals surface area contributed by atoms with Crippen LogP contribution in [0.4, 0.5) is 5.69 Å². The SMILES string of the molecule is CCCCN(CCCC)c1cc(C(=O)O)cc(S(C)=O)c1Oc1ccccc1C. The maximum atomic E-state index is 12.5. The van der Waals surface area contributed by atoms with E-state index in [1.807, 2.05) is 31.2 Å². The van der Waals surface area contributed by atoms with E-state index < -0.39 is 16.8 Å². The summed E-state index contributed by atoms with van der Waals surface area (Å²) in [5, 5.41) is 9.62. The summed E-state index contributed by atoms with van der Waals surface area (Å²) >= 11 is 0. The van der Waals surface area contributed by atoms with Crippen LogP contribution in [0, 0.1) is 6.92 Å². The molecule has 0 radical (unpaired) electrons. The number of anilines is 1. The van der Waals surface area contributed by atoms with Gasteiger partial charge in [0.2, 0.25) is 0 Å². The van der Waals surface area contributed by atoms with Crippen LogP contribution in [0.3, 0.4) is 0 Å². The average Bonchev–Trinajstić information content (AvgIpc) is 2.69. The molecular weight excluding hydrogens is 386 g/mol. The van der Waals surface area contributed by atoms with Crippen molar-refractivity contribution in [1.82, 2.24) is 0 Å². The zero-order valence-electron chi connectivity index (χ0n) is 17.7. The van der Waals surface area contributed by atoms with E-state index in [-0.39, 0.29) is 5.56 Å². The molecule has 0 bridgehead atoms. The van der Waals surface area contributed by atoms with Gasteiger partial charge in [0.15, 0.2) is 5.75 Å². The van der Waals surface area contributed by atoms with Gasteiger partial charge in [0, 0.05) is 19.3 Å². The van der Waals surface area contributed by atoms with Crippen LogP contribution in [0.25, 0.3) is 0 Å². The Bertz CT molecular complexity index is 858. The van der Waals surface area contributed by atoms with E-state index in [0.29, 0.717) is 22.1 Å². The lowest BCUT2D eigenvalue weighted by molar-refractivity contribution is 0.0696. The molecule has 1 atom stereocenters. The molecule has 2 rings (SSSR count). The number of aromatic carboxylic acids is 1. The van der Waals surface area contributed by atoms with E-state index in [1.165, 1.54) is 6.07 Å². The minimum atomic E-state index is -1.40. The average molecular weight is 418 g/mol. The number of ether oxygens (including phenoxy) is 1. The molecule has 6 heteroatoms. The molecule has 1 unspecified atom stereocenters. The van der Waals surface area contributed by atoms with E-state index in [9.17, 15) is 14.1 Å². The lowest BCUT2D eigenvalue weighted by Crippen LogP contribution is -2.26. The Morgan fingerprint density at radius 3 is 2.24 bits per heavy atom. The highest BCUT2D eigenvalue weighted by atomic mass is 32.2. The number of carboxylic acids is 1. The van der Waals surface area contributed by atoms with Crippen molar-refractivity contribution in [3.63, 3.8) is 0 Å². The van der Waals surface area contributed by atoms with Gasteiger partial charge in [-0.1, -0.05) is 44.9 Å². The molecule has 2 aromatic carbocycles. The van der Waals surface area contributed by atoms with E-state index >= 15 is 0 Å². The van der Waals surface area contributed by atoms with Gasteiger partial charge in [-0.2, -0.15) is 0 Å². The van der Waals surface area contributed by atoms with E-state index in [2.05, 4.69) is 18.7 Å². The first-order chi connectivity index (χ1) is 13.9. The molecule has 0 spiro atoms. The Morgan fingerprint density at radius 1 is 1.10 bits per heavy atom. The van der Waals surface area contributed by atoms with Crippen LogP contribution in [0.2, 0.25) is 0 Å². The minimum Gasteiger partial charge on any atom is -0.478 e. The van der Waals surface area contributed by atoms with Crippen molar-refractivity contribution in [2.24, 2.45) is 0 Å². The Morgan fingerprint density at radius 2 is 1.72 bits per heavy atom. The first kappa shape index (κ1) is 22.9. The molecule has 0 aliphatic carbocycles. The van der Waals surface area contributed by atoms with Crippen molar-refractivity contribution in [3.8, 4) is 11.5 Å². The van der Waals surface area contributed by atoms with Gasteiger partial charge in [-0.15, -0.1) is 0 Å². The molecule has 0 aliphatic rings. The van der Waals surface area contributed by atoms with E-state index in [0.717, 1.165) is 44.3 Å². The Balaban J connectivity index is 2.66. The molecule has 0 saturated heterocycles. The highest BCUT2D eigenvalue weighted by molar-refractivity contribution is 7.84. The molecule has 2 aromatic rings. The number of benzene rings is 2. The first-order valence-electron chi connectivity index (χ1n) is 10.1. The molecule has 0 heterocycles. The number of hydrogen-bond acceptors (Lipinski definition) is 4. The lowest BCUT2D eigenvalue weighted by atomic mass is 10.1. The smallest absolute Gasteiger partial charge is 0.335 e. The normalized spacial score (nSPS) is 11.9. The molecule has 0 amide bonds. The van der Waals surface area contributed by atoms with Gasteiger partial charge >= 0.3 is 5.97 Å². The summed E-state index contributed by atoms with van der Waals surface area (Å²) < 4.78 is 18.8. The second kappa shape index (κ2) is 11.0. The van der Waals surface area contributed by atoms with E-state index in [1.54, 1.807) is 12.3 Å². The van der Waals surface area contributed by atoms with Gasteiger partial charge < -0.3 is 14.7 Å². The number of hydrogen-bond donors (Lipinski definition) is 1. The largest absolute Gasteiger partial charge is 0.478 e. The van der Waals surface area contributed by atoms with Crippen LogP contribution < -0.4 is 9.64 Å². The zero-order valence-corrected chi connectivity index (χ0v) is 18.6. The Labute approximate surface area is 176 Å². The van der Waals surface area contributed by atoms with Gasteiger partial charge in [-0.3, -0.25) is 4.21 Å². The van der Waals surface area contributed by atoms with Crippen molar-refractivity contribution in [1.29, 1.82) is 0 Å². The summed E-state index contributed by atoms with van der Waals surface area (Å²) in [6.07, 6.45) is 5.58. The minimum absolute atomic E-state index is 0.125.